The zero-order valence-electron chi connectivity index (χ0n) is 18.8. The number of aliphatic hydroxyl groups is 1. The van der Waals surface area contributed by atoms with E-state index in [9.17, 15) is 19.6 Å². The van der Waals surface area contributed by atoms with Crippen LogP contribution in [-0.2, 0) is 9.59 Å². The van der Waals surface area contributed by atoms with Gasteiger partial charge in [0.2, 0.25) is 17.4 Å². The van der Waals surface area contributed by atoms with Crippen molar-refractivity contribution in [2.75, 3.05) is 50.8 Å². The number of ketones is 2. The van der Waals surface area contributed by atoms with E-state index in [1.165, 1.54) is 13.8 Å². The van der Waals surface area contributed by atoms with Gasteiger partial charge in [0.1, 0.15) is 12.7 Å². The van der Waals surface area contributed by atoms with E-state index in [2.05, 4.69) is 19.2 Å². The van der Waals surface area contributed by atoms with Crippen LogP contribution in [0.4, 0.5) is 5.82 Å². The first-order valence-corrected chi connectivity index (χ1v) is 10.9. The lowest BCUT2D eigenvalue weighted by atomic mass is 9.97. The summed E-state index contributed by atoms with van der Waals surface area (Å²) in [6.45, 7) is 11.4. The molecule has 0 radical (unpaired) electrons. The first-order chi connectivity index (χ1) is 14.4. The van der Waals surface area contributed by atoms with E-state index in [-0.39, 0.29) is 18.7 Å². The van der Waals surface area contributed by atoms with Crippen LogP contribution in [0.3, 0.4) is 0 Å². The Hall–Kier alpha value is -2.02. The van der Waals surface area contributed by atoms with E-state index in [4.69, 9.17) is 4.74 Å². The highest BCUT2D eigenvalue weighted by molar-refractivity contribution is 6.99. The molecule has 0 aliphatic carbocycles. The van der Waals surface area contributed by atoms with Crippen LogP contribution in [0.25, 0.3) is 0 Å². The highest BCUT2D eigenvalue weighted by Gasteiger charge is 2.35. The predicted molar refractivity (Wildman–Crippen MR) is 118 cm³/mol. The lowest BCUT2D eigenvalue weighted by Crippen LogP contribution is -2.50. The van der Waals surface area contributed by atoms with Crippen LogP contribution >= 0.6 is 11.7 Å². The van der Waals surface area contributed by atoms with Crippen LogP contribution in [0.15, 0.2) is 5.18 Å². The number of Topliss-reactive ketones (excluding diaryl/α,β-unsaturated/α-hetero) is 2. The SMILES string of the molecule is CC(C)(C)NCC(O)COc1nsnc1N1CCN(CC(=O)C(=O)C(C)(C)N=O)CC1. The van der Waals surface area contributed by atoms with E-state index < -0.39 is 23.2 Å². The molecule has 1 aliphatic heterocycles. The highest BCUT2D eigenvalue weighted by atomic mass is 32.1. The first-order valence-electron chi connectivity index (χ1n) is 10.2. The molecule has 1 aromatic rings. The molecule has 1 saturated heterocycles. The van der Waals surface area contributed by atoms with Gasteiger partial charge in [-0.3, -0.25) is 14.5 Å². The van der Waals surface area contributed by atoms with Crippen molar-refractivity contribution in [1.29, 1.82) is 0 Å². The van der Waals surface area contributed by atoms with E-state index in [0.717, 1.165) is 11.7 Å². The molecule has 0 spiro atoms. The molecule has 11 nitrogen and oxygen atoms in total. The van der Waals surface area contributed by atoms with Gasteiger partial charge in [0, 0.05) is 38.3 Å². The number of nitrogens with zero attached hydrogens (tertiary/aromatic N) is 5. The smallest absolute Gasteiger partial charge is 0.270 e. The fraction of sp³-hybridized carbons (Fsp3) is 0.789. The number of aliphatic hydroxyl groups excluding tert-OH is 1. The number of nitrogens with one attached hydrogen (secondary N) is 1. The summed E-state index contributed by atoms with van der Waals surface area (Å²) in [6.07, 6.45) is -0.681. The largest absolute Gasteiger partial charge is 0.472 e. The Morgan fingerprint density at radius 3 is 2.42 bits per heavy atom. The van der Waals surface area contributed by atoms with E-state index in [1.54, 1.807) is 0 Å². The molecular weight excluding hydrogens is 424 g/mol. The summed E-state index contributed by atoms with van der Waals surface area (Å²) in [4.78, 5) is 38.8. The Morgan fingerprint density at radius 1 is 1.19 bits per heavy atom. The number of carbonyl (C=O) groups excluding carboxylic acids is 2. The van der Waals surface area contributed by atoms with E-state index >= 15 is 0 Å². The molecule has 12 heteroatoms. The van der Waals surface area contributed by atoms with Crippen molar-refractivity contribution in [3.8, 4) is 5.88 Å². The number of rotatable bonds is 11. The maximum Gasteiger partial charge on any atom is 0.270 e. The van der Waals surface area contributed by atoms with Gasteiger partial charge >= 0.3 is 0 Å². The molecule has 1 unspecified atom stereocenters. The van der Waals surface area contributed by atoms with Crippen LogP contribution in [0, 0.1) is 4.91 Å². The zero-order chi connectivity index (χ0) is 23.2. The Kier molecular flexibility index (Phi) is 8.57. The second-order valence-corrected chi connectivity index (χ2v) is 9.68. The van der Waals surface area contributed by atoms with Gasteiger partial charge in [-0.05, 0) is 34.6 Å². The molecule has 0 bridgehead atoms. The van der Waals surface area contributed by atoms with Crippen LogP contribution in [0.1, 0.15) is 34.6 Å². The number of carbonyl (C=O) groups is 2. The molecule has 0 saturated carbocycles. The van der Waals surface area contributed by atoms with Gasteiger partial charge in [0.15, 0.2) is 5.54 Å². The topological polar surface area (TPSA) is 137 Å². The molecular formula is C19H32N6O5S. The maximum atomic E-state index is 12.2. The quantitative estimate of drug-likeness (QED) is 0.357. The minimum atomic E-state index is -1.54. The third kappa shape index (κ3) is 7.56. The molecule has 0 amide bonds. The number of β-amino-alcohol motifs (C(OH)–C–C–N with tert-alkyl or cyclic N) is 1. The Bertz CT molecular complexity index is 770. The lowest BCUT2D eigenvalue weighted by Gasteiger charge is -2.34. The third-order valence-electron chi connectivity index (χ3n) is 4.80. The Labute approximate surface area is 186 Å². The van der Waals surface area contributed by atoms with Crippen LogP contribution in [-0.4, -0.2) is 93.4 Å². The zero-order valence-corrected chi connectivity index (χ0v) is 19.6. The summed E-state index contributed by atoms with van der Waals surface area (Å²) in [5.74, 6) is -0.410. The predicted octanol–water partition coefficient (Wildman–Crippen LogP) is 0.471. The van der Waals surface area contributed by atoms with Gasteiger partial charge in [0.05, 0.1) is 18.3 Å². The number of piperazine rings is 1. The van der Waals surface area contributed by atoms with Crippen molar-refractivity contribution in [1.82, 2.24) is 19.0 Å². The van der Waals surface area contributed by atoms with Crippen LogP contribution < -0.4 is 15.0 Å². The number of nitroso groups, excluding NO2 is 1. The van der Waals surface area contributed by atoms with Gasteiger partial charge in [-0.2, -0.15) is 4.37 Å². The minimum Gasteiger partial charge on any atom is -0.472 e. The van der Waals surface area contributed by atoms with Crippen molar-refractivity contribution in [3.63, 3.8) is 0 Å². The summed E-state index contributed by atoms with van der Waals surface area (Å²) in [5, 5.41) is 16.1. The minimum absolute atomic E-state index is 0.0444. The molecule has 2 heterocycles. The van der Waals surface area contributed by atoms with Gasteiger partial charge in [-0.15, -0.1) is 9.28 Å². The summed E-state index contributed by atoms with van der Waals surface area (Å²) in [6, 6.07) is 0. The standard InChI is InChI=1S/C19H32N6O5S/c1-18(2,3)20-10-13(26)12-30-17-16(21-31-22-17)25-8-6-24(7-9-25)11-14(27)15(28)19(4,5)23-29/h13,20,26H,6-12H2,1-5H3. The van der Waals surface area contributed by atoms with Crippen molar-refractivity contribution in [3.05, 3.63) is 4.91 Å². The van der Waals surface area contributed by atoms with Gasteiger partial charge in [-0.25, -0.2) is 0 Å². The van der Waals surface area contributed by atoms with Gasteiger partial charge in [-0.1, -0.05) is 5.18 Å². The Balaban J connectivity index is 1.83. The Morgan fingerprint density at radius 2 is 1.84 bits per heavy atom. The molecule has 2 rings (SSSR count). The first kappa shape index (κ1) is 25.2. The fourth-order valence-electron chi connectivity index (χ4n) is 2.89. The summed E-state index contributed by atoms with van der Waals surface area (Å²) >= 11 is 1.03. The monoisotopic (exact) mass is 456 g/mol. The van der Waals surface area contributed by atoms with Crippen LogP contribution in [0.2, 0.25) is 0 Å². The average molecular weight is 457 g/mol. The van der Waals surface area contributed by atoms with E-state index in [1.807, 2.05) is 30.6 Å². The van der Waals surface area contributed by atoms with Crippen molar-refractivity contribution < 1.29 is 19.4 Å². The molecule has 2 N–H and O–H groups in total. The van der Waals surface area contributed by atoms with E-state index in [0.29, 0.717) is 44.4 Å². The van der Waals surface area contributed by atoms with Crippen molar-refractivity contribution in [2.45, 2.75) is 51.8 Å². The van der Waals surface area contributed by atoms with Crippen molar-refractivity contribution >= 4 is 29.1 Å². The van der Waals surface area contributed by atoms with Crippen LogP contribution in [0.5, 0.6) is 5.88 Å². The highest BCUT2D eigenvalue weighted by Crippen LogP contribution is 2.26. The second-order valence-electron chi connectivity index (χ2n) is 9.15. The number of anilines is 1. The summed E-state index contributed by atoms with van der Waals surface area (Å²) in [7, 11) is 0. The molecule has 1 fully saturated rings. The van der Waals surface area contributed by atoms with Crippen molar-refractivity contribution in [2.24, 2.45) is 5.18 Å². The number of ether oxygens (including phenoxy) is 1. The average Bonchev–Trinajstić information content (AvgIpc) is 3.18. The number of hydrogen-bond donors (Lipinski definition) is 2. The molecule has 0 aromatic carbocycles. The maximum absolute atomic E-state index is 12.2. The molecule has 1 aliphatic rings. The molecule has 1 atom stereocenters. The number of aromatic nitrogens is 2. The number of hydrogen-bond acceptors (Lipinski definition) is 12. The fourth-order valence-corrected chi connectivity index (χ4v) is 3.41. The second kappa shape index (κ2) is 10.5. The summed E-state index contributed by atoms with van der Waals surface area (Å²) < 4.78 is 14.2. The van der Waals surface area contributed by atoms with Gasteiger partial charge in [0.25, 0.3) is 5.88 Å². The normalized spacial score (nSPS) is 16.8. The summed E-state index contributed by atoms with van der Waals surface area (Å²) in [5.41, 5.74) is -1.64. The van der Waals surface area contributed by atoms with Gasteiger partial charge < -0.3 is 20.1 Å². The molecule has 174 valence electrons. The molecule has 1 aromatic heterocycles. The molecule has 31 heavy (non-hydrogen) atoms. The third-order valence-corrected chi connectivity index (χ3v) is 5.30. The lowest BCUT2D eigenvalue weighted by molar-refractivity contribution is -0.139.